The van der Waals surface area contributed by atoms with E-state index in [0.717, 1.165) is 22.7 Å². The lowest BCUT2D eigenvalue weighted by molar-refractivity contribution is -0.0451. The summed E-state index contributed by atoms with van der Waals surface area (Å²) in [6.45, 7) is 13.5. The van der Waals surface area contributed by atoms with Crippen LogP contribution in [0.5, 0.6) is 0 Å². The van der Waals surface area contributed by atoms with Crippen LogP contribution in [-0.4, -0.2) is 115 Å². The highest BCUT2D eigenvalue weighted by atomic mass is 32.2. The van der Waals surface area contributed by atoms with Gasteiger partial charge in [0.05, 0.1) is 30.1 Å². The van der Waals surface area contributed by atoms with Crippen molar-refractivity contribution in [3.8, 4) is 0 Å². The van der Waals surface area contributed by atoms with Crippen molar-refractivity contribution in [3.05, 3.63) is 63.8 Å². The average molecular weight is 1050 g/mol. The summed E-state index contributed by atoms with van der Waals surface area (Å²) in [4.78, 5) is 28.6. The van der Waals surface area contributed by atoms with Crippen LogP contribution in [0.1, 0.15) is 91.9 Å². The molecule has 0 spiro atoms. The molecule has 2 aliphatic heterocycles. The molecule has 3 aromatic rings. The zero-order chi connectivity index (χ0) is 50.6. The largest absolute Gasteiger partial charge is 0.516 e. The van der Waals surface area contributed by atoms with E-state index in [4.69, 9.17) is 9.47 Å². The molecule has 2 aromatic heterocycles. The van der Waals surface area contributed by atoms with Crippen LogP contribution in [0.15, 0.2) is 58.4 Å². The number of halogens is 6. The van der Waals surface area contributed by atoms with E-state index in [-0.39, 0.29) is 57.1 Å². The van der Waals surface area contributed by atoms with Gasteiger partial charge in [0.2, 0.25) is 15.1 Å². The van der Waals surface area contributed by atoms with Crippen molar-refractivity contribution in [1.29, 1.82) is 0 Å². The maximum absolute atomic E-state index is 13.7. The normalized spacial score (nSPS) is 21.1. The minimum atomic E-state index is -5.91. The van der Waals surface area contributed by atoms with E-state index in [1.165, 1.54) is 18.2 Å². The third-order valence-corrected chi connectivity index (χ3v) is 15.1. The van der Waals surface area contributed by atoms with E-state index in [1.54, 1.807) is 42.4 Å². The number of fused-ring (bicyclic) bond motifs is 2. The van der Waals surface area contributed by atoms with Crippen molar-refractivity contribution in [3.63, 3.8) is 0 Å². The SMILES string of the molecule is C=CCN1c2cc(NS(=O)(=O)C(F)(F)F)c(Nc3nnc(C(=O)OC(C)C)s3)cc2CC(CCCN2C3=CC(NS(=O)(=O)C(F)(F)F)C(N=Nc4nnc(C(=O)OCCC)s4)C=C3CCC2C)C1C. The first-order valence-corrected chi connectivity index (χ1v) is 26.1. The molecule has 69 heavy (non-hydrogen) atoms. The van der Waals surface area contributed by atoms with Gasteiger partial charge in [-0.2, -0.15) is 44.6 Å². The highest BCUT2D eigenvalue weighted by Crippen LogP contribution is 2.44. The number of sulfonamides is 2. The molecule has 1 aliphatic carbocycles. The lowest BCUT2D eigenvalue weighted by Crippen LogP contribution is -2.49. The van der Waals surface area contributed by atoms with Gasteiger partial charge < -0.3 is 24.6 Å². The molecule has 0 saturated carbocycles. The molecule has 4 heterocycles. The third kappa shape index (κ3) is 12.6. The topological polar surface area (TPSA) is 240 Å². The van der Waals surface area contributed by atoms with Crippen LogP contribution in [0.2, 0.25) is 0 Å². The molecule has 1 fully saturated rings. The van der Waals surface area contributed by atoms with Gasteiger partial charge in [-0.1, -0.05) is 41.7 Å². The number of carbonyl (C=O) groups excluding carboxylic acids is 2. The van der Waals surface area contributed by atoms with E-state index >= 15 is 0 Å². The molecular formula is C40H49F6N11O8S4. The zero-order valence-corrected chi connectivity index (χ0v) is 40.9. The minimum absolute atomic E-state index is 0.0393. The van der Waals surface area contributed by atoms with Gasteiger partial charge in [-0.15, -0.1) is 32.1 Å². The standard InChI is InChI=1S/C40H49F6N11O8S4/c1-7-13-57-23(6)24(16-26-18-27(29(19-32(26)57)54-68(60,61)39(41,42)43)47-37-51-50-34(66-37)36(59)65-21(3)4)10-9-14-56-22(5)11-12-25-17-28(30(20-31(25)56)55-69(62,63)40(44,45)46)48-52-38-53-49-33(67-38)35(58)64-15-8-2/h7,17-24,28,30,54-55H,1,8-16H2,2-6H3,(H,47,51). The maximum atomic E-state index is 13.7. The fraction of sp³-hybridized carbons (Fsp3) is 0.550. The second-order valence-corrected chi connectivity index (χ2v) is 21.8. The number of aromatic nitrogens is 4. The Balaban J connectivity index is 1.25. The maximum Gasteiger partial charge on any atom is 0.516 e. The molecule has 3 aliphatic rings. The lowest BCUT2D eigenvalue weighted by Gasteiger charge is -2.44. The number of likely N-dealkylation sites (tertiary alicyclic amines) is 1. The van der Waals surface area contributed by atoms with Gasteiger partial charge in [-0.25, -0.2) is 18.0 Å². The van der Waals surface area contributed by atoms with Gasteiger partial charge in [-0.05, 0) is 101 Å². The molecule has 5 atom stereocenters. The van der Waals surface area contributed by atoms with Crippen LogP contribution < -0.4 is 19.7 Å². The van der Waals surface area contributed by atoms with Crippen molar-refractivity contribution in [2.45, 2.75) is 114 Å². The Hall–Kier alpha value is -5.26. The molecule has 378 valence electrons. The van der Waals surface area contributed by atoms with Crippen molar-refractivity contribution < 1.29 is 62.2 Å². The van der Waals surface area contributed by atoms with Gasteiger partial charge in [0, 0.05) is 36.6 Å². The number of rotatable bonds is 19. The first-order chi connectivity index (χ1) is 32.3. The third-order valence-electron chi connectivity index (χ3n) is 11.2. The number of ether oxygens (including phenoxy) is 2. The van der Waals surface area contributed by atoms with Gasteiger partial charge in [0.25, 0.3) is 5.13 Å². The van der Waals surface area contributed by atoms with E-state index in [9.17, 15) is 52.8 Å². The summed E-state index contributed by atoms with van der Waals surface area (Å²) in [6.07, 6.45) is 7.21. The van der Waals surface area contributed by atoms with Gasteiger partial charge in [-0.3, -0.25) is 4.72 Å². The van der Waals surface area contributed by atoms with Crippen molar-refractivity contribution in [2.24, 2.45) is 16.1 Å². The Labute approximate surface area is 401 Å². The predicted octanol–water partition coefficient (Wildman–Crippen LogP) is 8.13. The predicted molar refractivity (Wildman–Crippen MR) is 244 cm³/mol. The average Bonchev–Trinajstić information content (AvgIpc) is 3.94. The number of anilines is 4. The first kappa shape index (κ1) is 53.1. The van der Waals surface area contributed by atoms with Gasteiger partial charge >= 0.3 is 43.0 Å². The minimum Gasteiger partial charge on any atom is -0.460 e. The summed E-state index contributed by atoms with van der Waals surface area (Å²) in [5.41, 5.74) is -9.56. The summed E-state index contributed by atoms with van der Waals surface area (Å²) in [7, 11) is -11.8. The molecule has 0 bridgehead atoms. The number of nitrogens with zero attached hydrogens (tertiary/aromatic N) is 8. The van der Waals surface area contributed by atoms with Crippen LogP contribution in [0.25, 0.3) is 0 Å². The molecule has 29 heteroatoms. The van der Waals surface area contributed by atoms with E-state index in [1.807, 2.05) is 23.6 Å². The molecule has 3 N–H and O–H groups in total. The number of carbonyl (C=O) groups is 2. The number of allylic oxidation sites excluding steroid dienone is 1. The molecule has 0 amide bonds. The van der Waals surface area contributed by atoms with Crippen LogP contribution in [0, 0.1) is 5.92 Å². The Morgan fingerprint density at radius 3 is 2.32 bits per heavy atom. The molecule has 1 aromatic carbocycles. The lowest BCUT2D eigenvalue weighted by atomic mass is 9.82. The second kappa shape index (κ2) is 21.4. The Kier molecular flexibility index (Phi) is 16.5. The second-order valence-electron chi connectivity index (χ2n) is 16.5. The summed E-state index contributed by atoms with van der Waals surface area (Å²) in [5, 5.41) is 25.8. The number of hydrogen-bond donors (Lipinski definition) is 3. The van der Waals surface area contributed by atoms with Crippen LogP contribution in [0.4, 0.5) is 53.7 Å². The first-order valence-electron chi connectivity index (χ1n) is 21.5. The van der Waals surface area contributed by atoms with Gasteiger partial charge in [0.1, 0.15) is 6.04 Å². The quantitative estimate of drug-likeness (QED) is 0.0444. The van der Waals surface area contributed by atoms with E-state index < -0.39 is 66.9 Å². The van der Waals surface area contributed by atoms with Gasteiger partial charge in [0.15, 0.2) is 0 Å². The zero-order valence-electron chi connectivity index (χ0n) is 37.7. The Morgan fingerprint density at radius 1 is 0.957 bits per heavy atom. The molecule has 19 nitrogen and oxygen atoms in total. The Morgan fingerprint density at radius 2 is 1.65 bits per heavy atom. The molecule has 5 unspecified atom stereocenters. The number of nitrogens with one attached hydrogen (secondary N) is 3. The van der Waals surface area contributed by atoms with Crippen LogP contribution in [-0.2, 0) is 35.9 Å². The number of alkyl halides is 6. The fourth-order valence-corrected chi connectivity index (χ4v) is 10.4. The molecule has 6 rings (SSSR count). The van der Waals surface area contributed by atoms with Crippen LogP contribution in [0.3, 0.4) is 0 Å². The number of benzene rings is 1. The monoisotopic (exact) mass is 1050 g/mol. The van der Waals surface area contributed by atoms with Crippen molar-refractivity contribution >= 4 is 82.0 Å². The van der Waals surface area contributed by atoms with E-state index in [0.29, 0.717) is 67.6 Å². The highest BCUT2D eigenvalue weighted by molar-refractivity contribution is 7.93. The number of hydrogen-bond acceptors (Lipinski definition) is 19. The molecule has 0 radical (unpaired) electrons. The fourth-order valence-electron chi connectivity index (χ4n) is 7.91. The van der Waals surface area contributed by atoms with Crippen LogP contribution >= 0.6 is 22.7 Å². The molecule has 1 saturated heterocycles. The number of esters is 2. The summed E-state index contributed by atoms with van der Waals surface area (Å²) in [5.74, 6) is -1.63. The van der Waals surface area contributed by atoms with Crippen molar-refractivity contribution in [2.75, 3.05) is 34.6 Å². The Bertz CT molecular complexity index is 2710. The molecular weight excluding hydrogens is 1000 g/mol. The smallest absolute Gasteiger partial charge is 0.460 e. The summed E-state index contributed by atoms with van der Waals surface area (Å²) in [6, 6.07) is -0.374. The van der Waals surface area contributed by atoms with Crippen molar-refractivity contribution in [1.82, 2.24) is 30.0 Å². The number of piperidine rings is 1. The summed E-state index contributed by atoms with van der Waals surface area (Å²) < 4.78 is 146. The van der Waals surface area contributed by atoms with E-state index in [2.05, 4.69) is 42.5 Å². The highest BCUT2D eigenvalue weighted by Gasteiger charge is 2.49. The summed E-state index contributed by atoms with van der Waals surface area (Å²) >= 11 is 1.48. The number of azo groups is 1.